The van der Waals surface area contributed by atoms with Crippen LogP contribution >= 0.6 is 7.60 Å². The minimum absolute atomic E-state index is 0.585. The van der Waals surface area contributed by atoms with Crippen LogP contribution in [0.1, 0.15) is 0 Å². The highest BCUT2D eigenvalue weighted by Gasteiger charge is 2.21. The second kappa shape index (κ2) is 4.84. The van der Waals surface area contributed by atoms with Crippen LogP contribution in [0, 0.1) is 0 Å². The number of rotatable bonds is 5. The summed E-state index contributed by atoms with van der Waals surface area (Å²) in [4.78, 5) is 0. The van der Waals surface area contributed by atoms with Crippen molar-refractivity contribution in [2.75, 3.05) is 20.6 Å². The lowest BCUT2D eigenvalue weighted by atomic mass is 11.7. The van der Waals surface area contributed by atoms with Crippen LogP contribution in [0.4, 0.5) is 0 Å². The Hall–Kier alpha value is 0.0600. The van der Waals surface area contributed by atoms with Crippen LogP contribution in [0.2, 0.25) is 0 Å². The van der Waals surface area contributed by atoms with E-state index in [1.165, 1.54) is 0 Å². The predicted octanol–water partition coefficient (Wildman–Crippen LogP) is -0.0272. The summed E-state index contributed by atoms with van der Waals surface area (Å²) in [7, 11) is -4.06. The van der Waals surface area contributed by atoms with Crippen LogP contribution < -0.4 is 0 Å². The smallest absolute Gasteiger partial charge is 0.310 e. The quantitative estimate of drug-likeness (QED) is 0.500. The predicted molar refractivity (Wildman–Crippen MR) is 37.9 cm³/mol. The fourth-order valence-corrected chi connectivity index (χ4v) is 1.60. The Labute approximate surface area is 66.1 Å². The van der Waals surface area contributed by atoms with Gasteiger partial charge in [0.2, 0.25) is 0 Å². The second-order valence-corrected chi connectivity index (χ2v) is 4.37. The van der Waals surface area contributed by atoms with Gasteiger partial charge in [0.25, 0.3) is 11.0 Å². The standard InChI is InChI=1S/C3H9O6PS/c1-7-10(4,8-2)3-9-11(5)6/h11H,3H2,1-2H3. The highest BCUT2D eigenvalue weighted by Crippen LogP contribution is 2.45. The summed E-state index contributed by atoms with van der Waals surface area (Å²) in [5.74, 6) is 0. The summed E-state index contributed by atoms with van der Waals surface area (Å²) in [6, 6.07) is 0. The van der Waals surface area contributed by atoms with Gasteiger partial charge in [-0.25, -0.2) is 8.42 Å². The molecular formula is C3H9O6PS. The van der Waals surface area contributed by atoms with Gasteiger partial charge in [0.05, 0.1) is 0 Å². The highest BCUT2D eigenvalue weighted by atomic mass is 32.2. The minimum atomic E-state index is -3.34. The van der Waals surface area contributed by atoms with Gasteiger partial charge in [-0.2, -0.15) is 0 Å². The van der Waals surface area contributed by atoms with Crippen molar-refractivity contribution in [3.63, 3.8) is 0 Å². The first kappa shape index (κ1) is 11.1. The van der Waals surface area contributed by atoms with E-state index in [4.69, 9.17) is 0 Å². The van der Waals surface area contributed by atoms with Crippen molar-refractivity contribution in [3.8, 4) is 0 Å². The van der Waals surface area contributed by atoms with Crippen molar-refractivity contribution in [3.05, 3.63) is 0 Å². The SMILES string of the molecule is COP(=O)(CO[SH](=O)=O)OC. The van der Waals surface area contributed by atoms with Crippen LogP contribution in [0.15, 0.2) is 0 Å². The summed E-state index contributed by atoms with van der Waals surface area (Å²) < 4.78 is 43.5. The Balaban J connectivity index is 3.99. The zero-order valence-corrected chi connectivity index (χ0v) is 7.84. The normalized spacial score (nSPS) is 12.3. The molecule has 8 heteroatoms. The fraction of sp³-hybridized carbons (Fsp3) is 1.00. The molecule has 68 valence electrons. The minimum Gasteiger partial charge on any atom is -0.310 e. The lowest BCUT2D eigenvalue weighted by Crippen LogP contribution is -1.98. The lowest BCUT2D eigenvalue weighted by molar-refractivity contribution is 0.244. The largest absolute Gasteiger partial charge is 0.357 e. The highest BCUT2D eigenvalue weighted by molar-refractivity contribution is 7.67. The van der Waals surface area contributed by atoms with Crippen molar-refractivity contribution in [1.82, 2.24) is 0 Å². The molecule has 0 rings (SSSR count). The molecule has 11 heavy (non-hydrogen) atoms. The number of hydrogen-bond donors (Lipinski definition) is 1. The van der Waals surface area contributed by atoms with Crippen LogP contribution in [0.25, 0.3) is 0 Å². The molecule has 0 aliphatic heterocycles. The number of thiol groups is 1. The topological polar surface area (TPSA) is 78.9 Å². The molecule has 0 radical (unpaired) electrons. The van der Waals surface area contributed by atoms with E-state index in [0.717, 1.165) is 14.2 Å². The van der Waals surface area contributed by atoms with Crippen LogP contribution in [-0.4, -0.2) is 29.0 Å². The molecule has 0 atom stereocenters. The molecule has 0 saturated carbocycles. The maximum atomic E-state index is 11.0. The van der Waals surface area contributed by atoms with E-state index in [1.54, 1.807) is 0 Å². The fourth-order valence-electron chi connectivity index (χ4n) is 0.298. The van der Waals surface area contributed by atoms with Crippen LogP contribution in [-0.2, 0) is 28.8 Å². The van der Waals surface area contributed by atoms with Gasteiger partial charge in [0.15, 0.2) is 6.35 Å². The summed E-state index contributed by atoms with van der Waals surface area (Å²) in [5.41, 5.74) is 0. The van der Waals surface area contributed by atoms with E-state index in [0.29, 0.717) is 0 Å². The van der Waals surface area contributed by atoms with Crippen molar-refractivity contribution in [1.29, 1.82) is 0 Å². The average molecular weight is 204 g/mol. The van der Waals surface area contributed by atoms with Gasteiger partial charge in [-0.15, -0.1) is 0 Å². The van der Waals surface area contributed by atoms with Crippen molar-refractivity contribution >= 4 is 18.6 Å². The molecular weight excluding hydrogens is 195 g/mol. The Morgan fingerprint density at radius 1 is 1.27 bits per heavy atom. The zero-order valence-electron chi connectivity index (χ0n) is 6.05. The lowest BCUT2D eigenvalue weighted by Gasteiger charge is -2.10. The summed E-state index contributed by atoms with van der Waals surface area (Å²) in [6.45, 7) is 0. The van der Waals surface area contributed by atoms with Gasteiger partial charge in [0, 0.05) is 14.2 Å². The first-order valence-electron chi connectivity index (χ1n) is 2.52. The number of hydrogen-bond acceptors (Lipinski definition) is 6. The van der Waals surface area contributed by atoms with E-state index in [9.17, 15) is 13.0 Å². The van der Waals surface area contributed by atoms with Gasteiger partial charge < -0.3 is 9.05 Å². The molecule has 0 N–H and O–H groups in total. The third kappa shape index (κ3) is 4.49. The molecule has 0 amide bonds. The first-order valence-corrected chi connectivity index (χ1v) is 5.34. The van der Waals surface area contributed by atoms with E-state index in [1.807, 2.05) is 0 Å². The molecule has 0 aliphatic carbocycles. The molecule has 0 spiro atoms. The summed E-state index contributed by atoms with van der Waals surface area (Å²) >= 11 is 0. The molecule has 0 saturated heterocycles. The molecule has 6 nitrogen and oxygen atoms in total. The molecule has 0 unspecified atom stereocenters. The molecule has 0 aliphatic rings. The molecule has 0 heterocycles. The van der Waals surface area contributed by atoms with Gasteiger partial charge in [-0.1, -0.05) is 0 Å². The Morgan fingerprint density at radius 2 is 1.73 bits per heavy atom. The average Bonchev–Trinajstić information content (AvgIpc) is 2.00. The van der Waals surface area contributed by atoms with Gasteiger partial charge in [-0.3, -0.25) is 8.75 Å². The molecule has 0 aromatic heterocycles. The third-order valence-corrected chi connectivity index (χ3v) is 2.98. The third-order valence-electron chi connectivity index (χ3n) is 0.878. The van der Waals surface area contributed by atoms with Crippen LogP contribution in [0.3, 0.4) is 0 Å². The van der Waals surface area contributed by atoms with E-state index >= 15 is 0 Å². The Bertz CT molecular complexity index is 206. The van der Waals surface area contributed by atoms with E-state index < -0.39 is 24.9 Å². The molecule has 0 aromatic carbocycles. The summed E-state index contributed by atoms with van der Waals surface area (Å²) in [5, 5.41) is 0. The molecule has 0 fully saturated rings. The van der Waals surface area contributed by atoms with Gasteiger partial charge >= 0.3 is 7.60 Å². The molecule has 0 aromatic rings. The van der Waals surface area contributed by atoms with Gasteiger partial charge in [-0.05, 0) is 0 Å². The molecule has 0 bridgehead atoms. The van der Waals surface area contributed by atoms with E-state index in [-0.39, 0.29) is 0 Å². The zero-order chi connectivity index (χ0) is 8.91. The van der Waals surface area contributed by atoms with Crippen LogP contribution in [0.5, 0.6) is 0 Å². The Kier molecular flexibility index (Phi) is 4.87. The maximum absolute atomic E-state index is 11.0. The maximum Gasteiger partial charge on any atom is 0.357 e. The Morgan fingerprint density at radius 3 is 2.00 bits per heavy atom. The second-order valence-electron chi connectivity index (χ2n) is 1.46. The van der Waals surface area contributed by atoms with E-state index in [2.05, 4.69) is 13.2 Å². The van der Waals surface area contributed by atoms with Crippen molar-refractivity contribution in [2.24, 2.45) is 0 Å². The first-order chi connectivity index (χ1) is 5.04. The van der Waals surface area contributed by atoms with Crippen molar-refractivity contribution in [2.45, 2.75) is 0 Å². The van der Waals surface area contributed by atoms with Crippen molar-refractivity contribution < 1.29 is 26.2 Å². The summed E-state index contributed by atoms with van der Waals surface area (Å²) in [6.07, 6.45) is -0.585. The monoisotopic (exact) mass is 204 g/mol. The van der Waals surface area contributed by atoms with Gasteiger partial charge in [0.1, 0.15) is 0 Å².